The Morgan fingerprint density at radius 3 is 2.53 bits per heavy atom. The van der Waals surface area contributed by atoms with Gasteiger partial charge in [0.1, 0.15) is 5.03 Å². The van der Waals surface area contributed by atoms with Crippen molar-refractivity contribution in [1.29, 1.82) is 0 Å². The largest absolute Gasteiger partial charge is 0.416 e. The molecule has 0 atom stereocenters. The molecular weight excluding hydrogens is 341 g/mol. The fourth-order valence-corrected chi connectivity index (χ4v) is 2.41. The molecule has 0 fully saturated rings. The third kappa shape index (κ3) is 3.48. The summed E-state index contributed by atoms with van der Waals surface area (Å²) in [7, 11) is 0. The Kier molecular flexibility index (Phi) is 4.15. The van der Waals surface area contributed by atoms with Gasteiger partial charge in [-0.25, -0.2) is 9.97 Å². The molecule has 0 bridgehead atoms. The van der Waals surface area contributed by atoms with Crippen LogP contribution in [0.15, 0.2) is 40.1 Å². The van der Waals surface area contributed by atoms with Crippen molar-refractivity contribution < 1.29 is 13.2 Å². The van der Waals surface area contributed by atoms with E-state index >= 15 is 0 Å². The zero-order valence-corrected chi connectivity index (χ0v) is 12.1. The summed E-state index contributed by atoms with van der Waals surface area (Å²) in [5.41, 5.74) is 0.177. The van der Waals surface area contributed by atoms with Crippen molar-refractivity contribution in [2.24, 2.45) is 0 Å². The lowest BCUT2D eigenvalue weighted by molar-refractivity contribution is -0.137. The maximum atomic E-state index is 12.7. The summed E-state index contributed by atoms with van der Waals surface area (Å²) < 4.78 is 38.3. The molecule has 2 aromatic rings. The van der Waals surface area contributed by atoms with Crippen molar-refractivity contribution in [3.05, 3.63) is 40.6 Å². The lowest BCUT2D eigenvalue weighted by Gasteiger charge is -2.09. The smallest absolute Gasteiger partial charge is 0.222 e. The van der Waals surface area contributed by atoms with Crippen LogP contribution < -0.4 is 0 Å². The van der Waals surface area contributed by atoms with Crippen molar-refractivity contribution in [2.75, 3.05) is 6.26 Å². The molecule has 2 rings (SSSR count). The van der Waals surface area contributed by atoms with E-state index in [2.05, 4.69) is 25.9 Å². The van der Waals surface area contributed by atoms with Crippen LogP contribution in [0.25, 0.3) is 11.3 Å². The van der Waals surface area contributed by atoms with Crippen molar-refractivity contribution in [1.82, 2.24) is 9.97 Å². The van der Waals surface area contributed by atoms with Gasteiger partial charge in [0, 0.05) is 5.56 Å². The molecule has 0 aliphatic rings. The Labute approximate surface area is 120 Å². The standard InChI is InChI=1S/C12H8BrF3N2S/c1-19-10-6-9(17-11(13)18-10)7-3-2-4-8(5-7)12(14,15)16/h2-6H,1H3. The zero-order valence-electron chi connectivity index (χ0n) is 9.70. The summed E-state index contributed by atoms with van der Waals surface area (Å²) in [6.45, 7) is 0. The molecule has 19 heavy (non-hydrogen) atoms. The van der Waals surface area contributed by atoms with Gasteiger partial charge in [0.15, 0.2) is 4.73 Å². The highest BCUT2D eigenvalue weighted by Crippen LogP contribution is 2.32. The summed E-state index contributed by atoms with van der Waals surface area (Å²) in [5, 5.41) is 0.689. The second-order valence-electron chi connectivity index (χ2n) is 3.64. The topological polar surface area (TPSA) is 25.8 Å². The maximum Gasteiger partial charge on any atom is 0.416 e. The molecule has 1 heterocycles. The van der Waals surface area contributed by atoms with Gasteiger partial charge in [-0.3, -0.25) is 0 Å². The van der Waals surface area contributed by atoms with Gasteiger partial charge >= 0.3 is 6.18 Å². The van der Waals surface area contributed by atoms with Crippen molar-refractivity contribution in [2.45, 2.75) is 11.2 Å². The fourth-order valence-electron chi connectivity index (χ4n) is 1.50. The first kappa shape index (κ1) is 14.3. The van der Waals surface area contributed by atoms with Crippen LogP contribution in [0.2, 0.25) is 0 Å². The summed E-state index contributed by atoms with van der Waals surface area (Å²) in [6, 6.07) is 6.74. The minimum absolute atomic E-state index is 0.353. The van der Waals surface area contributed by atoms with E-state index in [1.807, 2.05) is 6.26 Å². The molecule has 1 aromatic carbocycles. The van der Waals surface area contributed by atoms with Gasteiger partial charge in [-0.15, -0.1) is 11.8 Å². The maximum absolute atomic E-state index is 12.7. The van der Waals surface area contributed by atoms with E-state index in [1.54, 1.807) is 12.1 Å². The van der Waals surface area contributed by atoms with Gasteiger partial charge < -0.3 is 0 Å². The molecule has 0 spiro atoms. The highest BCUT2D eigenvalue weighted by molar-refractivity contribution is 9.10. The molecule has 100 valence electrons. The number of hydrogen-bond donors (Lipinski definition) is 0. The van der Waals surface area contributed by atoms with Crippen LogP contribution in [-0.2, 0) is 6.18 Å². The Hall–Kier alpha value is -1.08. The molecular formula is C12H8BrF3N2S. The van der Waals surface area contributed by atoms with E-state index in [-0.39, 0.29) is 0 Å². The van der Waals surface area contributed by atoms with Crippen molar-refractivity contribution >= 4 is 27.7 Å². The summed E-state index contributed by atoms with van der Waals surface area (Å²) >= 11 is 4.55. The van der Waals surface area contributed by atoms with Crippen LogP contribution >= 0.6 is 27.7 Å². The van der Waals surface area contributed by atoms with Gasteiger partial charge in [-0.2, -0.15) is 13.2 Å². The molecule has 0 radical (unpaired) electrons. The first-order chi connectivity index (χ1) is 8.90. The third-order valence-electron chi connectivity index (χ3n) is 2.37. The number of rotatable bonds is 2. The quantitative estimate of drug-likeness (QED) is 0.449. The molecule has 0 aliphatic heterocycles. The van der Waals surface area contributed by atoms with E-state index in [1.165, 1.54) is 17.8 Å². The van der Waals surface area contributed by atoms with Crippen LogP contribution in [0.5, 0.6) is 0 Å². The molecule has 1 aromatic heterocycles. The predicted octanol–water partition coefficient (Wildman–Crippen LogP) is 4.65. The number of thioether (sulfide) groups is 1. The van der Waals surface area contributed by atoms with E-state index in [9.17, 15) is 13.2 Å². The molecule has 2 nitrogen and oxygen atoms in total. The molecule has 0 aliphatic carbocycles. The summed E-state index contributed by atoms with van der Waals surface area (Å²) in [6.07, 6.45) is -2.52. The number of nitrogens with zero attached hydrogens (tertiary/aromatic N) is 2. The number of aromatic nitrogens is 2. The second-order valence-corrected chi connectivity index (χ2v) is 5.18. The second kappa shape index (κ2) is 5.50. The average Bonchev–Trinajstić information content (AvgIpc) is 2.37. The van der Waals surface area contributed by atoms with E-state index in [0.717, 1.165) is 12.1 Å². The molecule has 0 saturated carbocycles. The van der Waals surface area contributed by atoms with Crippen molar-refractivity contribution in [3.63, 3.8) is 0 Å². The third-order valence-corrected chi connectivity index (χ3v) is 3.35. The van der Waals surface area contributed by atoms with Crippen LogP contribution in [0.1, 0.15) is 5.56 Å². The van der Waals surface area contributed by atoms with E-state index in [0.29, 0.717) is 21.0 Å². The van der Waals surface area contributed by atoms with E-state index in [4.69, 9.17) is 0 Å². The SMILES string of the molecule is CSc1cc(-c2cccc(C(F)(F)F)c2)nc(Br)n1. The van der Waals surface area contributed by atoms with Gasteiger partial charge in [0.25, 0.3) is 0 Å². The van der Waals surface area contributed by atoms with Gasteiger partial charge in [-0.05, 0) is 40.4 Å². The lowest BCUT2D eigenvalue weighted by Crippen LogP contribution is -2.04. The minimum atomic E-state index is -4.36. The molecule has 0 N–H and O–H groups in total. The molecule has 0 unspecified atom stereocenters. The highest BCUT2D eigenvalue weighted by atomic mass is 79.9. The monoisotopic (exact) mass is 348 g/mol. The van der Waals surface area contributed by atoms with Gasteiger partial charge in [0.2, 0.25) is 0 Å². The molecule has 0 saturated heterocycles. The minimum Gasteiger partial charge on any atom is -0.222 e. The first-order valence-corrected chi connectivity index (χ1v) is 7.18. The molecule has 7 heteroatoms. The Morgan fingerprint density at radius 2 is 1.89 bits per heavy atom. The number of alkyl halides is 3. The van der Waals surface area contributed by atoms with Crippen LogP contribution in [-0.4, -0.2) is 16.2 Å². The normalized spacial score (nSPS) is 11.6. The van der Waals surface area contributed by atoms with E-state index < -0.39 is 11.7 Å². The Balaban J connectivity index is 2.50. The van der Waals surface area contributed by atoms with Gasteiger partial charge in [-0.1, -0.05) is 12.1 Å². The average molecular weight is 349 g/mol. The summed E-state index contributed by atoms with van der Waals surface area (Å²) in [5.74, 6) is 0. The number of hydrogen-bond acceptors (Lipinski definition) is 3. The van der Waals surface area contributed by atoms with Crippen LogP contribution in [0.4, 0.5) is 13.2 Å². The lowest BCUT2D eigenvalue weighted by atomic mass is 10.1. The van der Waals surface area contributed by atoms with Crippen molar-refractivity contribution in [3.8, 4) is 11.3 Å². The number of benzene rings is 1. The van der Waals surface area contributed by atoms with Gasteiger partial charge in [0.05, 0.1) is 11.3 Å². The summed E-state index contributed by atoms with van der Waals surface area (Å²) in [4.78, 5) is 8.20. The Bertz CT molecular complexity index is 602. The first-order valence-electron chi connectivity index (χ1n) is 5.16. The molecule has 0 amide bonds. The Morgan fingerprint density at radius 1 is 1.16 bits per heavy atom. The zero-order chi connectivity index (χ0) is 14.0. The highest BCUT2D eigenvalue weighted by Gasteiger charge is 2.30. The van der Waals surface area contributed by atoms with Crippen LogP contribution in [0.3, 0.4) is 0 Å². The van der Waals surface area contributed by atoms with Crippen LogP contribution in [0, 0.1) is 0 Å². The number of halogens is 4. The fraction of sp³-hybridized carbons (Fsp3) is 0.167. The predicted molar refractivity (Wildman–Crippen MR) is 72.0 cm³/mol.